The summed E-state index contributed by atoms with van der Waals surface area (Å²) >= 11 is 0. The van der Waals surface area contributed by atoms with E-state index in [1.807, 2.05) is 25.1 Å². The molecule has 2 heterocycles. The maximum atomic E-state index is 11.8. The molecule has 0 unspecified atom stereocenters. The van der Waals surface area contributed by atoms with Gasteiger partial charge >= 0.3 is 0 Å². The molecule has 0 bridgehead atoms. The van der Waals surface area contributed by atoms with Crippen LogP contribution in [0, 0.1) is 0 Å². The molecule has 1 aromatic heterocycles. The van der Waals surface area contributed by atoms with E-state index in [2.05, 4.69) is 5.16 Å². The van der Waals surface area contributed by atoms with Gasteiger partial charge in [-0.1, -0.05) is 5.16 Å². The second-order valence-electron chi connectivity index (χ2n) is 4.45. The van der Waals surface area contributed by atoms with Crippen LogP contribution in [0.4, 0.5) is 5.69 Å². The third-order valence-electron chi connectivity index (χ3n) is 3.23. The Morgan fingerprint density at radius 3 is 2.95 bits per heavy atom. The summed E-state index contributed by atoms with van der Waals surface area (Å²) in [5.74, 6) is 1.02. The Labute approximate surface area is 115 Å². The van der Waals surface area contributed by atoms with Gasteiger partial charge in [0.2, 0.25) is 0 Å². The molecule has 2 aromatic rings. The molecule has 1 N–H and O–H groups in total. The van der Waals surface area contributed by atoms with Crippen LogP contribution in [0.3, 0.4) is 0 Å². The standard InChI is InChI=1S/C14H14N2O4/c1-2-16-12-5-9(11-6-10(7-17)20-15-11)3-4-13(12)19-8-14(16)18/h3-6,17H,2,7-8H2,1H3. The van der Waals surface area contributed by atoms with Crippen LogP contribution >= 0.6 is 0 Å². The van der Waals surface area contributed by atoms with Crippen LogP contribution in [0.1, 0.15) is 12.7 Å². The Bertz CT molecular complexity index is 650. The maximum absolute atomic E-state index is 11.8. The van der Waals surface area contributed by atoms with E-state index in [-0.39, 0.29) is 19.1 Å². The van der Waals surface area contributed by atoms with Gasteiger partial charge in [0.05, 0.1) is 5.69 Å². The number of aromatic nitrogens is 1. The zero-order valence-electron chi connectivity index (χ0n) is 11.0. The molecule has 0 spiro atoms. The Hall–Kier alpha value is -2.34. The number of benzene rings is 1. The van der Waals surface area contributed by atoms with Crippen LogP contribution in [-0.4, -0.2) is 29.3 Å². The molecule has 1 aliphatic heterocycles. The van der Waals surface area contributed by atoms with Gasteiger partial charge in [0.1, 0.15) is 18.1 Å². The smallest absolute Gasteiger partial charge is 0.265 e. The quantitative estimate of drug-likeness (QED) is 0.919. The van der Waals surface area contributed by atoms with Crippen molar-refractivity contribution in [3.05, 3.63) is 30.0 Å². The highest BCUT2D eigenvalue weighted by molar-refractivity contribution is 5.98. The first-order valence-corrected chi connectivity index (χ1v) is 6.37. The number of aliphatic hydroxyl groups excluding tert-OH is 1. The lowest BCUT2D eigenvalue weighted by molar-refractivity contribution is -0.121. The van der Waals surface area contributed by atoms with E-state index in [1.165, 1.54) is 0 Å². The summed E-state index contributed by atoms with van der Waals surface area (Å²) in [5.41, 5.74) is 2.16. The highest BCUT2D eigenvalue weighted by Crippen LogP contribution is 2.35. The average molecular weight is 274 g/mol. The van der Waals surface area contributed by atoms with Crippen LogP contribution in [0.25, 0.3) is 11.3 Å². The Kier molecular flexibility index (Phi) is 3.15. The van der Waals surface area contributed by atoms with E-state index in [4.69, 9.17) is 14.4 Å². The van der Waals surface area contributed by atoms with Crippen LogP contribution in [0.15, 0.2) is 28.8 Å². The van der Waals surface area contributed by atoms with Crippen molar-refractivity contribution in [1.29, 1.82) is 0 Å². The molecular formula is C14H14N2O4. The van der Waals surface area contributed by atoms with Gasteiger partial charge in [-0.2, -0.15) is 0 Å². The summed E-state index contributed by atoms with van der Waals surface area (Å²) in [6.07, 6.45) is 0. The first kappa shape index (κ1) is 12.7. The largest absolute Gasteiger partial charge is 0.482 e. The number of aliphatic hydroxyl groups is 1. The number of carbonyl (C=O) groups excluding carboxylic acids is 1. The second kappa shape index (κ2) is 4.97. The van der Waals surface area contributed by atoms with Crippen LogP contribution in [0.2, 0.25) is 0 Å². The summed E-state index contributed by atoms with van der Waals surface area (Å²) in [4.78, 5) is 13.5. The predicted octanol–water partition coefficient (Wildman–Crippen LogP) is 1.58. The number of amides is 1. The molecule has 3 rings (SSSR count). The number of ether oxygens (including phenoxy) is 1. The molecule has 20 heavy (non-hydrogen) atoms. The van der Waals surface area contributed by atoms with Crippen molar-refractivity contribution in [3.8, 4) is 17.0 Å². The molecule has 104 valence electrons. The number of hydrogen-bond acceptors (Lipinski definition) is 5. The fourth-order valence-electron chi connectivity index (χ4n) is 2.23. The van der Waals surface area contributed by atoms with E-state index < -0.39 is 0 Å². The van der Waals surface area contributed by atoms with Crippen molar-refractivity contribution in [2.24, 2.45) is 0 Å². The fourth-order valence-corrected chi connectivity index (χ4v) is 2.23. The molecule has 1 amide bonds. The lowest BCUT2D eigenvalue weighted by Gasteiger charge is -2.28. The van der Waals surface area contributed by atoms with Crippen LogP contribution in [0.5, 0.6) is 5.75 Å². The predicted molar refractivity (Wildman–Crippen MR) is 71.4 cm³/mol. The van der Waals surface area contributed by atoms with Gasteiger partial charge in [-0.25, -0.2) is 0 Å². The molecule has 0 saturated heterocycles. The van der Waals surface area contributed by atoms with Crippen molar-refractivity contribution >= 4 is 11.6 Å². The minimum atomic E-state index is -0.194. The van der Waals surface area contributed by atoms with Gasteiger partial charge in [-0.3, -0.25) is 4.79 Å². The van der Waals surface area contributed by atoms with Crippen molar-refractivity contribution in [2.75, 3.05) is 18.1 Å². The van der Waals surface area contributed by atoms with E-state index in [9.17, 15) is 4.79 Å². The average Bonchev–Trinajstić information content (AvgIpc) is 2.95. The Morgan fingerprint density at radius 2 is 2.25 bits per heavy atom. The van der Waals surface area contributed by atoms with E-state index in [0.717, 1.165) is 11.3 Å². The van der Waals surface area contributed by atoms with Crippen molar-refractivity contribution in [1.82, 2.24) is 5.16 Å². The van der Waals surface area contributed by atoms with E-state index in [1.54, 1.807) is 11.0 Å². The lowest BCUT2D eigenvalue weighted by Crippen LogP contribution is -2.38. The summed E-state index contributed by atoms with van der Waals surface area (Å²) in [7, 11) is 0. The van der Waals surface area contributed by atoms with Gasteiger partial charge in [-0.05, 0) is 25.1 Å². The second-order valence-corrected chi connectivity index (χ2v) is 4.45. The van der Waals surface area contributed by atoms with Crippen molar-refractivity contribution in [2.45, 2.75) is 13.5 Å². The molecule has 0 saturated carbocycles. The number of anilines is 1. The molecule has 0 fully saturated rings. The lowest BCUT2D eigenvalue weighted by atomic mass is 10.1. The monoisotopic (exact) mass is 274 g/mol. The van der Waals surface area contributed by atoms with Gasteiger partial charge in [-0.15, -0.1) is 0 Å². The van der Waals surface area contributed by atoms with Gasteiger partial charge in [0.15, 0.2) is 12.4 Å². The molecule has 6 nitrogen and oxygen atoms in total. The van der Waals surface area contributed by atoms with Gasteiger partial charge in [0.25, 0.3) is 5.91 Å². The molecule has 0 radical (unpaired) electrons. The van der Waals surface area contributed by atoms with E-state index in [0.29, 0.717) is 23.7 Å². The number of likely N-dealkylation sites (N-methyl/N-ethyl adjacent to an activating group) is 1. The fraction of sp³-hybridized carbons (Fsp3) is 0.286. The summed E-state index contributed by atoms with van der Waals surface area (Å²) in [6.45, 7) is 2.37. The number of nitrogens with zero attached hydrogens (tertiary/aromatic N) is 2. The summed E-state index contributed by atoms with van der Waals surface area (Å²) in [6, 6.07) is 7.17. The summed E-state index contributed by atoms with van der Waals surface area (Å²) in [5, 5.41) is 12.9. The van der Waals surface area contributed by atoms with E-state index >= 15 is 0 Å². The Morgan fingerprint density at radius 1 is 1.40 bits per heavy atom. The molecule has 1 aliphatic rings. The minimum Gasteiger partial charge on any atom is -0.482 e. The maximum Gasteiger partial charge on any atom is 0.265 e. The first-order chi connectivity index (χ1) is 9.72. The third-order valence-corrected chi connectivity index (χ3v) is 3.23. The SMILES string of the molecule is CCN1C(=O)COc2ccc(-c3cc(CO)on3)cc21. The first-order valence-electron chi connectivity index (χ1n) is 6.37. The van der Waals surface area contributed by atoms with Gasteiger partial charge < -0.3 is 19.3 Å². The molecule has 0 aliphatic carbocycles. The number of rotatable bonds is 3. The van der Waals surface area contributed by atoms with Crippen LogP contribution < -0.4 is 9.64 Å². The molecular weight excluding hydrogens is 260 g/mol. The third kappa shape index (κ3) is 2.04. The van der Waals surface area contributed by atoms with Crippen molar-refractivity contribution < 1.29 is 19.2 Å². The zero-order chi connectivity index (χ0) is 14.1. The molecule has 0 atom stereocenters. The highest BCUT2D eigenvalue weighted by atomic mass is 16.5. The highest BCUT2D eigenvalue weighted by Gasteiger charge is 2.24. The Balaban J connectivity index is 2.03. The minimum absolute atomic E-state index is 0.0617. The topological polar surface area (TPSA) is 75.8 Å². The van der Waals surface area contributed by atoms with Crippen LogP contribution in [-0.2, 0) is 11.4 Å². The normalized spacial score (nSPS) is 14.1. The summed E-state index contributed by atoms with van der Waals surface area (Å²) < 4.78 is 10.4. The number of fused-ring (bicyclic) bond motifs is 1. The number of hydrogen-bond donors (Lipinski definition) is 1. The molecule has 6 heteroatoms. The molecule has 1 aromatic carbocycles. The van der Waals surface area contributed by atoms with Gasteiger partial charge in [0, 0.05) is 18.2 Å². The number of carbonyl (C=O) groups is 1. The zero-order valence-corrected chi connectivity index (χ0v) is 11.0. The van der Waals surface area contributed by atoms with Crippen molar-refractivity contribution in [3.63, 3.8) is 0 Å².